The normalized spacial score (nSPS) is 16.0. The molecule has 0 atom stereocenters. The van der Waals surface area contributed by atoms with Crippen LogP contribution in [-0.4, -0.2) is 16.6 Å². The first kappa shape index (κ1) is 13.7. The number of anilines is 1. The van der Waals surface area contributed by atoms with Crippen molar-refractivity contribution in [3.8, 4) is 0 Å². The number of amides is 2. The fourth-order valence-corrected chi connectivity index (χ4v) is 2.80. The number of hydrogen-bond acceptors (Lipinski definition) is 3. The Morgan fingerprint density at radius 2 is 2.05 bits per heavy atom. The second kappa shape index (κ2) is 5.63. The molecule has 21 heavy (non-hydrogen) atoms. The Bertz CT molecular complexity index is 711. The summed E-state index contributed by atoms with van der Waals surface area (Å²) in [5.74, 6) is -0.409. The molecule has 1 aromatic carbocycles. The lowest BCUT2D eigenvalue weighted by Gasteiger charge is -2.22. The Morgan fingerprint density at radius 3 is 2.81 bits per heavy atom. The number of carbonyl (C=O) groups is 1. The first-order valence-corrected chi connectivity index (χ1v) is 7.30. The standard InChI is InChI=1S/C15H19N3O3/c1-18-12-9-11(7-8-13(12)21-15(18)20)17-14(19)16-10-5-3-2-4-6-10/h7-10H,2-6H2,1H3,(H2,16,17,19). The molecule has 0 bridgehead atoms. The summed E-state index contributed by atoms with van der Waals surface area (Å²) >= 11 is 0. The predicted molar refractivity (Wildman–Crippen MR) is 80.5 cm³/mol. The summed E-state index contributed by atoms with van der Waals surface area (Å²) in [5, 5.41) is 5.80. The molecule has 2 aromatic rings. The topological polar surface area (TPSA) is 76.3 Å². The Kier molecular flexibility index (Phi) is 3.68. The third-order valence-corrected chi connectivity index (χ3v) is 3.99. The molecule has 1 aromatic heterocycles. The summed E-state index contributed by atoms with van der Waals surface area (Å²) in [4.78, 5) is 23.4. The van der Waals surface area contributed by atoms with Crippen LogP contribution in [0.4, 0.5) is 10.5 Å². The van der Waals surface area contributed by atoms with Crippen LogP contribution in [0, 0.1) is 0 Å². The van der Waals surface area contributed by atoms with Crippen LogP contribution in [-0.2, 0) is 7.05 Å². The van der Waals surface area contributed by atoms with Gasteiger partial charge in [0.05, 0.1) is 5.52 Å². The quantitative estimate of drug-likeness (QED) is 0.892. The van der Waals surface area contributed by atoms with Gasteiger partial charge in [-0.25, -0.2) is 9.59 Å². The molecule has 1 aliphatic carbocycles. The molecule has 6 heteroatoms. The van der Waals surface area contributed by atoms with Crippen LogP contribution < -0.4 is 16.4 Å². The smallest absolute Gasteiger partial charge is 0.408 e. The highest BCUT2D eigenvalue weighted by molar-refractivity contribution is 5.91. The molecule has 6 nitrogen and oxygen atoms in total. The molecule has 1 aliphatic rings. The fraction of sp³-hybridized carbons (Fsp3) is 0.467. The minimum absolute atomic E-state index is 0.199. The first-order valence-electron chi connectivity index (χ1n) is 7.30. The highest BCUT2D eigenvalue weighted by Crippen LogP contribution is 2.19. The van der Waals surface area contributed by atoms with Gasteiger partial charge in [0.2, 0.25) is 0 Å². The average Bonchev–Trinajstić information content (AvgIpc) is 2.75. The maximum atomic E-state index is 12.0. The Labute approximate surface area is 122 Å². The molecule has 3 rings (SSSR count). The van der Waals surface area contributed by atoms with Crippen LogP contribution in [0.5, 0.6) is 0 Å². The number of aromatic nitrogens is 1. The first-order chi connectivity index (χ1) is 10.1. The number of oxazole rings is 1. The van der Waals surface area contributed by atoms with E-state index in [4.69, 9.17) is 4.42 Å². The summed E-state index contributed by atoms with van der Waals surface area (Å²) in [6.07, 6.45) is 5.69. The number of nitrogens with zero attached hydrogens (tertiary/aromatic N) is 1. The maximum Gasteiger partial charge on any atom is 0.419 e. The number of fused-ring (bicyclic) bond motifs is 1. The van der Waals surface area contributed by atoms with Gasteiger partial charge in [-0.2, -0.15) is 0 Å². The van der Waals surface area contributed by atoms with Gasteiger partial charge in [0, 0.05) is 18.8 Å². The SMILES string of the molecule is Cn1c(=O)oc2ccc(NC(=O)NC3CCCCC3)cc21. The number of nitrogens with one attached hydrogen (secondary N) is 2. The number of benzene rings is 1. The summed E-state index contributed by atoms with van der Waals surface area (Å²) in [6.45, 7) is 0. The molecule has 2 amide bonds. The van der Waals surface area contributed by atoms with Crippen molar-refractivity contribution in [2.45, 2.75) is 38.1 Å². The van der Waals surface area contributed by atoms with Gasteiger partial charge < -0.3 is 15.1 Å². The van der Waals surface area contributed by atoms with Crippen LogP contribution in [0.15, 0.2) is 27.4 Å². The average molecular weight is 289 g/mol. The van der Waals surface area contributed by atoms with E-state index in [1.165, 1.54) is 23.8 Å². The van der Waals surface area contributed by atoms with Gasteiger partial charge in [-0.05, 0) is 31.0 Å². The van der Waals surface area contributed by atoms with E-state index in [1.807, 2.05) is 0 Å². The highest BCUT2D eigenvalue weighted by atomic mass is 16.4. The fourth-order valence-electron chi connectivity index (χ4n) is 2.80. The van der Waals surface area contributed by atoms with Crippen molar-refractivity contribution < 1.29 is 9.21 Å². The van der Waals surface area contributed by atoms with Gasteiger partial charge in [0.1, 0.15) is 0 Å². The molecule has 1 fully saturated rings. The predicted octanol–water partition coefficient (Wildman–Crippen LogP) is 2.59. The molecular formula is C15H19N3O3. The van der Waals surface area contributed by atoms with Crippen LogP contribution in [0.3, 0.4) is 0 Å². The Balaban J connectivity index is 1.70. The zero-order chi connectivity index (χ0) is 14.8. The van der Waals surface area contributed by atoms with Crippen LogP contribution >= 0.6 is 0 Å². The molecule has 1 heterocycles. The zero-order valence-corrected chi connectivity index (χ0v) is 12.0. The Hall–Kier alpha value is -2.24. The van der Waals surface area contributed by atoms with E-state index in [1.54, 1.807) is 25.2 Å². The lowest BCUT2D eigenvalue weighted by atomic mass is 9.96. The number of aryl methyl sites for hydroxylation is 1. The van der Waals surface area contributed by atoms with E-state index in [0.29, 0.717) is 16.8 Å². The van der Waals surface area contributed by atoms with Gasteiger partial charge in [-0.1, -0.05) is 19.3 Å². The molecule has 1 saturated carbocycles. The largest absolute Gasteiger partial charge is 0.419 e. The maximum absolute atomic E-state index is 12.0. The van der Waals surface area contributed by atoms with Gasteiger partial charge in [0.25, 0.3) is 0 Å². The molecule has 2 N–H and O–H groups in total. The van der Waals surface area contributed by atoms with Crippen LogP contribution in [0.1, 0.15) is 32.1 Å². The number of rotatable bonds is 2. The van der Waals surface area contributed by atoms with E-state index in [0.717, 1.165) is 12.8 Å². The van der Waals surface area contributed by atoms with E-state index in [-0.39, 0.29) is 12.1 Å². The number of urea groups is 1. The summed E-state index contributed by atoms with van der Waals surface area (Å²) in [7, 11) is 1.64. The summed E-state index contributed by atoms with van der Waals surface area (Å²) < 4.78 is 6.48. The van der Waals surface area contributed by atoms with Crippen LogP contribution in [0.2, 0.25) is 0 Å². The van der Waals surface area contributed by atoms with Gasteiger partial charge in [0.15, 0.2) is 5.58 Å². The van der Waals surface area contributed by atoms with Crippen molar-refractivity contribution in [1.82, 2.24) is 9.88 Å². The lowest BCUT2D eigenvalue weighted by molar-refractivity contribution is 0.244. The zero-order valence-electron chi connectivity index (χ0n) is 12.0. The molecule has 112 valence electrons. The van der Waals surface area contributed by atoms with Crippen molar-refractivity contribution in [3.05, 3.63) is 28.7 Å². The van der Waals surface area contributed by atoms with Crippen molar-refractivity contribution in [2.75, 3.05) is 5.32 Å². The second-order valence-corrected chi connectivity index (χ2v) is 5.54. The third-order valence-electron chi connectivity index (χ3n) is 3.99. The lowest BCUT2D eigenvalue weighted by Crippen LogP contribution is -2.39. The summed E-state index contributed by atoms with van der Waals surface area (Å²) in [5.41, 5.74) is 1.82. The highest BCUT2D eigenvalue weighted by Gasteiger charge is 2.16. The van der Waals surface area contributed by atoms with Crippen molar-refractivity contribution in [1.29, 1.82) is 0 Å². The molecular weight excluding hydrogens is 270 g/mol. The van der Waals surface area contributed by atoms with E-state index >= 15 is 0 Å². The molecule has 0 spiro atoms. The van der Waals surface area contributed by atoms with E-state index in [2.05, 4.69) is 10.6 Å². The van der Waals surface area contributed by atoms with E-state index < -0.39 is 5.76 Å². The Morgan fingerprint density at radius 1 is 1.29 bits per heavy atom. The minimum atomic E-state index is -0.409. The third kappa shape index (κ3) is 2.94. The van der Waals surface area contributed by atoms with Gasteiger partial charge in [-0.3, -0.25) is 4.57 Å². The van der Waals surface area contributed by atoms with Gasteiger partial charge in [-0.15, -0.1) is 0 Å². The minimum Gasteiger partial charge on any atom is -0.408 e. The monoisotopic (exact) mass is 289 g/mol. The molecule has 0 aliphatic heterocycles. The van der Waals surface area contributed by atoms with Crippen LogP contribution in [0.25, 0.3) is 11.1 Å². The summed E-state index contributed by atoms with van der Waals surface area (Å²) in [6, 6.07) is 5.22. The second-order valence-electron chi connectivity index (χ2n) is 5.54. The van der Waals surface area contributed by atoms with Gasteiger partial charge >= 0.3 is 11.8 Å². The van der Waals surface area contributed by atoms with Crippen molar-refractivity contribution >= 4 is 22.8 Å². The number of carbonyl (C=O) groups excluding carboxylic acids is 1. The molecule has 0 saturated heterocycles. The molecule has 0 unspecified atom stereocenters. The van der Waals surface area contributed by atoms with E-state index in [9.17, 15) is 9.59 Å². The van der Waals surface area contributed by atoms with Crippen molar-refractivity contribution in [2.24, 2.45) is 7.05 Å². The molecule has 0 radical (unpaired) electrons. The van der Waals surface area contributed by atoms with Crippen molar-refractivity contribution in [3.63, 3.8) is 0 Å². The number of hydrogen-bond donors (Lipinski definition) is 2.